The van der Waals surface area contributed by atoms with Gasteiger partial charge in [-0.1, -0.05) is 6.07 Å². The molecule has 2 N–H and O–H groups in total. The van der Waals surface area contributed by atoms with Gasteiger partial charge in [-0.2, -0.15) is 13.2 Å². The summed E-state index contributed by atoms with van der Waals surface area (Å²) in [6.07, 6.45) is -4.40. The SMILES string of the molecule is C[C@@H](COCC(F)(F)F)NC(=O)NCc1ccc(N(C)C)c(F)c1. The maximum Gasteiger partial charge on any atom is 0.411 e. The molecule has 0 bridgehead atoms. The van der Waals surface area contributed by atoms with Crippen LogP contribution in [0.4, 0.5) is 28.0 Å². The summed E-state index contributed by atoms with van der Waals surface area (Å²) >= 11 is 0. The maximum atomic E-state index is 13.8. The third kappa shape index (κ3) is 7.49. The van der Waals surface area contributed by atoms with E-state index >= 15 is 0 Å². The van der Waals surface area contributed by atoms with Crippen molar-refractivity contribution in [2.24, 2.45) is 0 Å². The molecule has 0 heterocycles. The smallest absolute Gasteiger partial charge is 0.375 e. The molecule has 0 radical (unpaired) electrons. The van der Waals surface area contributed by atoms with E-state index in [0.29, 0.717) is 11.3 Å². The molecule has 0 aliphatic rings. The highest BCUT2D eigenvalue weighted by molar-refractivity contribution is 5.74. The Morgan fingerprint density at radius 3 is 2.54 bits per heavy atom. The molecule has 1 rings (SSSR count). The van der Waals surface area contributed by atoms with Gasteiger partial charge in [0.25, 0.3) is 0 Å². The number of halogens is 4. The highest BCUT2D eigenvalue weighted by Crippen LogP contribution is 2.18. The summed E-state index contributed by atoms with van der Waals surface area (Å²) in [5.74, 6) is -0.409. The lowest BCUT2D eigenvalue weighted by molar-refractivity contribution is -0.174. The van der Waals surface area contributed by atoms with E-state index in [0.717, 1.165) is 0 Å². The molecule has 0 spiro atoms. The molecular weight excluding hydrogens is 330 g/mol. The number of alkyl halides is 3. The molecule has 0 fully saturated rings. The highest BCUT2D eigenvalue weighted by Gasteiger charge is 2.27. The minimum atomic E-state index is -4.40. The van der Waals surface area contributed by atoms with Crippen molar-refractivity contribution in [2.45, 2.75) is 25.7 Å². The van der Waals surface area contributed by atoms with Crippen molar-refractivity contribution in [1.82, 2.24) is 10.6 Å². The van der Waals surface area contributed by atoms with E-state index in [9.17, 15) is 22.4 Å². The van der Waals surface area contributed by atoms with Gasteiger partial charge in [0.05, 0.1) is 18.3 Å². The van der Waals surface area contributed by atoms with E-state index in [4.69, 9.17) is 0 Å². The van der Waals surface area contributed by atoms with Crippen molar-refractivity contribution < 1.29 is 27.1 Å². The average Bonchev–Trinajstić information content (AvgIpc) is 2.43. The van der Waals surface area contributed by atoms with Gasteiger partial charge in [-0.05, 0) is 24.6 Å². The second-order valence-electron chi connectivity index (χ2n) is 5.54. The van der Waals surface area contributed by atoms with Gasteiger partial charge in [-0.3, -0.25) is 0 Å². The first kappa shape index (κ1) is 20.0. The number of carbonyl (C=O) groups is 1. The van der Waals surface area contributed by atoms with Crippen molar-refractivity contribution in [3.63, 3.8) is 0 Å². The van der Waals surface area contributed by atoms with Crippen LogP contribution in [0.25, 0.3) is 0 Å². The van der Waals surface area contributed by atoms with Crippen LogP contribution in [0.2, 0.25) is 0 Å². The molecule has 9 heteroatoms. The van der Waals surface area contributed by atoms with Crippen LogP contribution in [0.1, 0.15) is 12.5 Å². The summed E-state index contributed by atoms with van der Waals surface area (Å²) in [6, 6.07) is 3.41. The monoisotopic (exact) mass is 351 g/mol. The van der Waals surface area contributed by atoms with Crippen molar-refractivity contribution >= 4 is 11.7 Å². The fraction of sp³-hybridized carbons (Fsp3) is 0.533. The Labute approximate surface area is 138 Å². The molecule has 2 amide bonds. The Bertz CT molecular complexity index is 550. The molecule has 0 unspecified atom stereocenters. The summed E-state index contributed by atoms with van der Waals surface area (Å²) in [4.78, 5) is 13.3. The molecule has 0 aromatic heterocycles. The predicted molar refractivity (Wildman–Crippen MR) is 82.4 cm³/mol. The number of amides is 2. The van der Waals surface area contributed by atoms with E-state index in [1.54, 1.807) is 31.1 Å². The van der Waals surface area contributed by atoms with Gasteiger partial charge in [0.1, 0.15) is 12.4 Å². The number of urea groups is 1. The molecule has 0 aliphatic heterocycles. The van der Waals surface area contributed by atoms with Gasteiger partial charge < -0.3 is 20.3 Å². The molecular formula is C15H21F4N3O2. The van der Waals surface area contributed by atoms with Crippen molar-refractivity contribution in [2.75, 3.05) is 32.2 Å². The van der Waals surface area contributed by atoms with Crippen LogP contribution in [0.5, 0.6) is 0 Å². The third-order valence-corrected chi connectivity index (χ3v) is 2.96. The average molecular weight is 351 g/mol. The lowest BCUT2D eigenvalue weighted by Crippen LogP contribution is -2.42. The first-order chi connectivity index (χ1) is 11.1. The van der Waals surface area contributed by atoms with Crippen LogP contribution < -0.4 is 15.5 Å². The number of nitrogens with zero attached hydrogens (tertiary/aromatic N) is 1. The van der Waals surface area contributed by atoms with Gasteiger partial charge >= 0.3 is 12.2 Å². The Morgan fingerprint density at radius 2 is 2.00 bits per heavy atom. The molecule has 1 aromatic rings. The number of nitrogens with one attached hydrogen (secondary N) is 2. The minimum absolute atomic E-state index is 0.0899. The maximum absolute atomic E-state index is 13.8. The second-order valence-corrected chi connectivity index (χ2v) is 5.54. The fourth-order valence-corrected chi connectivity index (χ4v) is 1.87. The van der Waals surface area contributed by atoms with E-state index in [1.165, 1.54) is 13.0 Å². The normalized spacial score (nSPS) is 12.6. The number of anilines is 1. The lowest BCUT2D eigenvalue weighted by Gasteiger charge is -2.16. The Hall–Kier alpha value is -2.03. The standard InChI is InChI=1S/C15H21F4N3O2/c1-10(8-24-9-15(17,18)19)21-14(23)20-7-11-4-5-13(22(2)3)12(16)6-11/h4-6,10H,7-9H2,1-3H3,(H2,20,21,23)/t10-/m0/s1. The van der Waals surface area contributed by atoms with Crippen LogP contribution >= 0.6 is 0 Å². The van der Waals surface area contributed by atoms with Gasteiger partial charge in [0, 0.05) is 20.6 Å². The second kappa shape index (κ2) is 8.72. The molecule has 0 aliphatic carbocycles. The Balaban J connectivity index is 2.37. The van der Waals surface area contributed by atoms with Crippen molar-refractivity contribution in [3.05, 3.63) is 29.6 Å². The molecule has 1 atom stereocenters. The van der Waals surface area contributed by atoms with E-state index in [2.05, 4.69) is 15.4 Å². The number of hydrogen-bond acceptors (Lipinski definition) is 3. The molecule has 0 saturated carbocycles. The molecule has 136 valence electrons. The predicted octanol–water partition coefficient (Wildman–Crippen LogP) is 2.66. The molecule has 5 nitrogen and oxygen atoms in total. The summed E-state index contributed by atoms with van der Waals surface area (Å²) in [6.45, 7) is -0.0225. The zero-order valence-electron chi connectivity index (χ0n) is 13.7. The number of rotatable bonds is 7. The quantitative estimate of drug-likeness (QED) is 0.743. The zero-order chi connectivity index (χ0) is 18.3. The fourth-order valence-electron chi connectivity index (χ4n) is 1.87. The number of carbonyl (C=O) groups excluding carboxylic acids is 1. The minimum Gasteiger partial charge on any atom is -0.375 e. The summed E-state index contributed by atoms with van der Waals surface area (Å²) in [5, 5.41) is 4.94. The van der Waals surface area contributed by atoms with E-state index in [1.807, 2.05) is 0 Å². The van der Waals surface area contributed by atoms with Crippen LogP contribution in [-0.4, -0.2) is 45.6 Å². The van der Waals surface area contributed by atoms with Crippen LogP contribution in [-0.2, 0) is 11.3 Å². The summed E-state index contributed by atoms with van der Waals surface area (Å²) in [5.41, 5.74) is 0.993. The summed E-state index contributed by atoms with van der Waals surface area (Å²) < 4.78 is 54.0. The molecule has 0 saturated heterocycles. The van der Waals surface area contributed by atoms with E-state index in [-0.39, 0.29) is 13.2 Å². The lowest BCUT2D eigenvalue weighted by atomic mass is 10.2. The van der Waals surface area contributed by atoms with E-state index < -0.39 is 30.7 Å². The topological polar surface area (TPSA) is 53.6 Å². The van der Waals surface area contributed by atoms with Crippen molar-refractivity contribution in [3.8, 4) is 0 Å². The van der Waals surface area contributed by atoms with Crippen molar-refractivity contribution in [1.29, 1.82) is 0 Å². The number of hydrogen-bond donors (Lipinski definition) is 2. The number of ether oxygens (including phenoxy) is 1. The zero-order valence-corrected chi connectivity index (χ0v) is 13.7. The van der Waals surface area contributed by atoms with Gasteiger partial charge in [-0.15, -0.1) is 0 Å². The third-order valence-electron chi connectivity index (χ3n) is 2.96. The van der Waals surface area contributed by atoms with Gasteiger partial charge in [-0.25, -0.2) is 9.18 Å². The first-order valence-electron chi connectivity index (χ1n) is 7.23. The summed E-state index contributed by atoms with van der Waals surface area (Å²) in [7, 11) is 3.43. The van der Waals surface area contributed by atoms with Crippen LogP contribution in [0.3, 0.4) is 0 Å². The first-order valence-corrected chi connectivity index (χ1v) is 7.23. The van der Waals surface area contributed by atoms with Gasteiger partial charge in [0.2, 0.25) is 0 Å². The highest BCUT2D eigenvalue weighted by atomic mass is 19.4. The Kier molecular flexibility index (Phi) is 7.27. The van der Waals surface area contributed by atoms with Crippen LogP contribution in [0, 0.1) is 5.82 Å². The van der Waals surface area contributed by atoms with Gasteiger partial charge in [0.15, 0.2) is 0 Å². The molecule has 24 heavy (non-hydrogen) atoms. The number of benzene rings is 1. The Morgan fingerprint density at radius 1 is 1.33 bits per heavy atom. The largest absolute Gasteiger partial charge is 0.411 e. The van der Waals surface area contributed by atoms with Crippen LogP contribution in [0.15, 0.2) is 18.2 Å². The molecule has 1 aromatic carbocycles.